The summed E-state index contributed by atoms with van der Waals surface area (Å²) in [6.45, 7) is 4.17. The number of rotatable bonds is 9. The molecule has 0 saturated carbocycles. The van der Waals surface area contributed by atoms with Gasteiger partial charge in [0.05, 0.1) is 7.11 Å². The molecule has 3 aromatic rings. The van der Waals surface area contributed by atoms with Crippen molar-refractivity contribution < 1.29 is 17.9 Å². The molecule has 8 heteroatoms. The maximum atomic E-state index is 13.2. The van der Waals surface area contributed by atoms with Crippen molar-refractivity contribution in [2.45, 2.75) is 37.1 Å². The summed E-state index contributed by atoms with van der Waals surface area (Å²) >= 11 is 6.02. The minimum absolute atomic E-state index is 0.134. The number of benzene rings is 3. The van der Waals surface area contributed by atoms with Gasteiger partial charge in [-0.1, -0.05) is 67.9 Å². The largest absolute Gasteiger partial charge is 0.495 e. The third-order valence-electron chi connectivity index (χ3n) is 5.16. The summed E-state index contributed by atoms with van der Waals surface area (Å²) in [5.74, 6) is 0.0239. The molecule has 0 saturated heterocycles. The van der Waals surface area contributed by atoms with Crippen LogP contribution in [0.5, 0.6) is 5.75 Å². The maximum Gasteiger partial charge on any atom is 0.245 e. The molecule has 0 aliphatic rings. The standard InChI is InChI=1S/C25H27ClN2O4S/c1-17(2)19-9-12-21(13-10-19)27-25(29)22(15-18-7-5-4-6-8-18)28-33(30,31)24-16-20(26)11-14-23(24)32-3/h4-14,16-17,22,28H,15H2,1-3H3,(H,27,29). The third kappa shape index (κ3) is 6.57. The molecule has 1 amide bonds. The van der Waals surface area contributed by atoms with Gasteiger partial charge in [-0.15, -0.1) is 0 Å². The molecule has 0 aromatic heterocycles. The molecule has 0 aliphatic carbocycles. The van der Waals surface area contributed by atoms with Gasteiger partial charge in [0.2, 0.25) is 15.9 Å². The number of ether oxygens (including phenoxy) is 1. The molecule has 33 heavy (non-hydrogen) atoms. The fourth-order valence-corrected chi connectivity index (χ4v) is 4.96. The third-order valence-corrected chi connectivity index (χ3v) is 6.88. The number of anilines is 1. The average Bonchev–Trinajstić information content (AvgIpc) is 2.79. The smallest absolute Gasteiger partial charge is 0.245 e. The number of sulfonamides is 1. The Morgan fingerprint density at radius 1 is 1.00 bits per heavy atom. The topological polar surface area (TPSA) is 84.5 Å². The van der Waals surface area contributed by atoms with Gasteiger partial charge in [-0.3, -0.25) is 4.79 Å². The van der Waals surface area contributed by atoms with Crippen LogP contribution >= 0.6 is 11.6 Å². The summed E-state index contributed by atoms with van der Waals surface area (Å²) in [6, 6.07) is 19.9. The van der Waals surface area contributed by atoms with E-state index in [4.69, 9.17) is 16.3 Å². The van der Waals surface area contributed by atoms with E-state index in [1.54, 1.807) is 12.1 Å². The lowest BCUT2D eigenvalue weighted by molar-refractivity contribution is -0.117. The summed E-state index contributed by atoms with van der Waals surface area (Å²) in [6.07, 6.45) is 0.166. The van der Waals surface area contributed by atoms with Crippen LogP contribution in [0.1, 0.15) is 30.9 Å². The Labute approximate surface area is 200 Å². The molecule has 6 nitrogen and oxygen atoms in total. The Kier molecular flexibility index (Phi) is 8.13. The van der Waals surface area contributed by atoms with Crippen LogP contribution in [0.3, 0.4) is 0 Å². The number of carbonyl (C=O) groups excluding carboxylic acids is 1. The molecule has 0 aliphatic heterocycles. The normalized spacial score (nSPS) is 12.4. The van der Waals surface area contributed by atoms with Crippen molar-refractivity contribution in [2.75, 3.05) is 12.4 Å². The number of carbonyl (C=O) groups is 1. The van der Waals surface area contributed by atoms with Gasteiger partial charge in [0.25, 0.3) is 0 Å². The first-order chi connectivity index (χ1) is 15.7. The molecule has 0 heterocycles. The zero-order valence-corrected chi connectivity index (χ0v) is 20.3. The van der Waals surface area contributed by atoms with Crippen molar-refractivity contribution in [3.05, 3.63) is 88.9 Å². The summed E-state index contributed by atoms with van der Waals surface area (Å²) in [5, 5.41) is 3.06. The van der Waals surface area contributed by atoms with Gasteiger partial charge in [0.1, 0.15) is 16.7 Å². The van der Waals surface area contributed by atoms with Crippen LogP contribution in [0.15, 0.2) is 77.7 Å². The van der Waals surface area contributed by atoms with Gasteiger partial charge in [-0.25, -0.2) is 8.42 Å². The fourth-order valence-electron chi connectivity index (χ4n) is 3.33. The van der Waals surface area contributed by atoms with E-state index in [0.717, 1.165) is 11.1 Å². The van der Waals surface area contributed by atoms with Crippen LogP contribution in [0.2, 0.25) is 5.02 Å². The first kappa shape index (κ1) is 24.8. The second-order valence-corrected chi connectivity index (χ2v) is 10.0. The molecule has 1 unspecified atom stereocenters. The van der Waals surface area contributed by atoms with E-state index in [0.29, 0.717) is 11.6 Å². The molecular formula is C25H27ClN2O4S. The van der Waals surface area contributed by atoms with Crippen LogP contribution in [0, 0.1) is 0 Å². The second kappa shape index (κ2) is 10.8. The molecular weight excluding hydrogens is 460 g/mol. The second-order valence-electron chi connectivity index (χ2n) is 7.92. The van der Waals surface area contributed by atoms with E-state index in [9.17, 15) is 13.2 Å². The highest BCUT2D eigenvalue weighted by Gasteiger charge is 2.28. The van der Waals surface area contributed by atoms with Gasteiger partial charge in [0.15, 0.2) is 0 Å². The Bertz CT molecular complexity index is 1200. The highest BCUT2D eigenvalue weighted by molar-refractivity contribution is 7.89. The van der Waals surface area contributed by atoms with E-state index in [-0.39, 0.29) is 22.1 Å². The quantitative estimate of drug-likeness (QED) is 0.445. The first-order valence-corrected chi connectivity index (χ1v) is 12.4. The summed E-state index contributed by atoms with van der Waals surface area (Å²) < 4.78 is 34.1. The Hall–Kier alpha value is -2.87. The number of halogens is 1. The number of amides is 1. The van der Waals surface area contributed by atoms with Gasteiger partial charge in [-0.2, -0.15) is 4.72 Å². The van der Waals surface area contributed by atoms with E-state index in [1.165, 1.54) is 25.3 Å². The molecule has 0 radical (unpaired) electrons. The number of hydrogen-bond acceptors (Lipinski definition) is 4. The highest BCUT2D eigenvalue weighted by atomic mass is 35.5. The SMILES string of the molecule is COc1ccc(Cl)cc1S(=O)(=O)NC(Cc1ccccc1)C(=O)Nc1ccc(C(C)C)cc1. The van der Waals surface area contributed by atoms with Crippen LogP contribution in [0.25, 0.3) is 0 Å². The monoisotopic (exact) mass is 486 g/mol. The summed E-state index contributed by atoms with van der Waals surface area (Å²) in [7, 11) is -2.75. The molecule has 2 N–H and O–H groups in total. The van der Waals surface area contributed by atoms with Crippen LogP contribution < -0.4 is 14.8 Å². The zero-order valence-electron chi connectivity index (χ0n) is 18.7. The van der Waals surface area contributed by atoms with Gasteiger partial charge >= 0.3 is 0 Å². The Balaban J connectivity index is 1.89. The van der Waals surface area contributed by atoms with Crippen LogP contribution in [-0.2, 0) is 21.2 Å². The lowest BCUT2D eigenvalue weighted by Crippen LogP contribution is -2.45. The van der Waals surface area contributed by atoms with Crippen molar-refractivity contribution in [3.8, 4) is 5.75 Å². The molecule has 1 atom stereocenters. The van der Waals surface area contributed by atoms with E-state index < -0.39 is 22.0 Å². The van der Waals surface area contributed by atoms with Crippen molar-refractivity contribution in [1.29, 1.82) is 0 Å². The molecule has 0 fully saturated rings. The fraction of sp³-hybridized carbons (Fsp3) is 0.240. The lowest BCUT2D eigenvalue weighted by Gasteiger charge is -2.20. The minimum Gasteiger partial charge on any atom is -0.495 e. The van der Waals surface area contributed by atoms with E-state index >= 15 is 0 Å². The maximum absolute atomic E-state index is 13.2. The summed E-state index contributed by atoms with van der Waals surface area (Å²) in [5.41, 5.74) is 2.54. The molecule has 0 spiro atoms. The van der Waals surface area contributed by atoms with Crippen LogP contribution in [0.4, 0.5) is 5.69 Å². The summed E-state index contributed by atoms with van der Waals surface area (Å²) in [4.78, 5) is 13.0. The Morgan fingerprint density at radius 2 is 1.67 bits per heavy atom. The zero-order chi connectivity index (χ0) is 24.0. The molecule has 3 rings (SSSR count). The molecule has 3 aromatic carbocycles. The van der Waals surface area contributed by atoms with Crippen molar-refractivity contribution in [3.63, 3.8) is 0 Å². The van der Waals surface area contributed by atoms with Gasteiger partial charge in [-0.05, 0) is 53.8 Å². The van der Waals surface area contributed by atoms with Crippen molar-refractivity contribution in [2.24, 2.45) is 0 Å². The predicted molar refractivity (Wildman–Crippen MR) is 131 cm³/mol. The van der Waals surface area contributed by atoms with Crippen molar-refractivity contribution in [1.82, 2.24) is 4.72 Å². The lowest BCUT2D eigenvalue weighted by atomic mass is 10.0. The minimum atomic E-state index is -4.12. The Morgan fingerprint density at radius 3 is 2.27 bits per heavy atom. The predicted octanol–water partition coefficient (Wildman–Crippen LogP) is 5.00. The highest BCUT2D eigenvalue weighted by Crippen LogP contribution is 2.27. The van der Waals surface area contributed by atoms with Gasteiger partial charge < -0.3 is 10.1 Å². The van der Waals surface area contributed by atoms with Gasteiger partial charge in [0, 0.05) is 10.7 Å². The number of hydrogen-bond donors (Lipinski definition) is 2. The molecule has 0 bridgehead atoms. The van der Waals surface area contributed by atoms with Crippen LogP contribution in [-0.4, -0.2) is 27.5 Å². The van der Waals surface area contributed by atoms with Crippen molar-refractivity contribution >= 4 is 33.2 Å². The first-order valence-electron chi connectivity index (χ1n) is 10.5. The number of methoxy groups -OCH3 is 1. The van der Waals surface area contributed by atoms with E-state index in [2.05, 4.69) is 23.9 Å². The van der Waals surface area contributed by atoms with E-state index in [1.807, 2.05) is 42.5 Å². The molecule has 174 valence electrons. The number of nitrogens with one attached hydrogen (secondary N) is 2. The average molecular weight is 487 g/mol.